The van der Waals surface area contributed by atoms with Gasteiger partial charge in [-0.1, -0.05) is 79.9 Å². The van der Waals surface area contributed by atoms with Crippen LogP contribution in [0.2, 0.25) is 0 Å². The second kappa shape index (κ2) is 8.59. The summed E-state index contributed by atoms with van der Waals surface area (Å²) in [6.45, 7) is 2.04. The van der Waals surface area contributed by atoms with Gasteiger partial charge in [0.25, 0.3) is 0 Å². The van der Waals surface area contributed by atoms with E-state index in [0.29, 0.717) is 6.04 Å². The molecule has 0 aromatic heterocycles. The number of rotatable bonds is 5. The summed E-state index contributed by atoms with van der Waals surface area (Å²) in [5, 5.41) is 0. The van der Waals surface area contributed by atoms with Gasteiger partial charge in [0.15, 0.2) is 6.10 Å². The number of hydrogen-bond acceptors (Lipinski definition) is 3. The van der Waals surface area contributed by atoms with Crippen LogP contribution < -0.4 is 0 Å². The van der Waals surface area contributed by atoms with Crippen LogP contribution in [-0.4, -0.2) is 29.3 Å². The van der Waals surface area contributed by atoms with Crippen LogP contribution in [0.15, 0.2) is 65.7 Å². The third-order valence-corrected chi connectivity index (χ3v) is 5.82. The van der Waals surface area contributed by atoms with Crippen LogP contribution in [-0.2, 0) is 4.74 Å². The van der Waals surface area contributed by atoms with Crippen LogP contribution in [0.3, 0.4) is 0 Å². The molecule has 4 rings (SSSR count). The summed E-state index contributed by atoms with van der Waals surface area (Å²) in [7, 11) is 0. The van der Waals surface area contributed by atoms with E-state index in [1.807, 2.05) is 66.6 Å². The Balaban J connectivity index is 1.62. The van der Waals surface area contributed by atoms with Crippen LogP contribution in [0, 0.1) is 0 Å². The van der Waals surface area contributed by atoms with Gasteiger partial charge in [-0.05, 0) is 30.9 Å². The van der Waals surface area contributed by atoms with E-state index in [0.717, 1.165) is 24.0 Å². The molecule has 1 aliphatic heterocycles. The van der Waals surface area contributed by atoms with Crippen molar-refractivity contribution in [1.29, 1.82) is 0 Å². The van der Waals surface area contributed by atoms with Crippen molar-refractivity contribution in [3.8, 4) is 0 Å². The minimum atomic E-state index is -0.318. The summed E-state index contributed by atoms with van der Waals surface area (Å²) in [6.07, 6.45) is 7.50. The van der Waals surface area contributed by atoms with Crippen molar-refractivity contribution in [2.24, 2.45) is 4.99 Å². The fourth-order valence-corrected chi connectivity index (χ4v) is 4.34. The Hall–Kier alpha value is -2.62. The van der Waals surface area contributed by atoms with Gasteiger partial charge < -0.3 is 4.74 Å². The molecule has 1 saturated carbocycles. The Morgan fingerprint density at radius 3 is 2.21 bits per heavy atom. The molecule has 4 heteroatoms. The summed E-state index contributed by atoms with van der Waals surface area (Å²) in [6, 6.07) is 20.3. The van der Waals surface area contributed by atoms with E-state index in [-0.39, 0.29) is 24.3 Å². The molecule has 0 radical (unpaired) electrons. The predicted molar refractivity (Wildman–Crippen MR) is 112 cm³/mol. The largest absolute Gasteiger partial charge is 0.439 e. The van der Waals surface area contributed by atoms with Crippen molar-refractivity contribution in [2.75, 3.05) is 0 Å². The highest BCUT2D eigenvalue weighted by Gasteiger charge is 2.45. The average molecular weight is 377 g/mol. The number of ether oxygens (including phenoxy) is 1. The molecule has 4 nitrogen and oxygen atoms in total. The summed E-state index contributed by atoms with van der Waals surface area (Å²) >= 11 is 0. The first-order valence-corrected chi connectivity index (χ1v) is 10.4. The molecule has 2 fully saturated rings. The Kier molecular flexibility index (Phi) is 5.75. The van der Waals surface area contributed by atoms with Gasteiger partial charge >= 0.3 is 6.09 Å². The first-order chi connectivity index (χ1) is 13.7. The maximum atomic E-state index is 12.9. The van der Waals surface area contributed by atoms with Crippen molar-refractivity contribution in [3.05, 3.63) is 71.8 Å². The number of nitrogens with zero attached hydrogens (tertiary/aromatic N) is 2. The lowest BCUT2D eigenvalue weighted by Crippen LogP contribution is -2.37. The molecule has 28 heavy (non-hydrogen) atoms. The van der Waals surface area contributed by atoms with Crippen molar-refractivity contribution in [1.82, 2.24) is 4.90 Å². The van der Waals surface area contributed by atoms with Crippen molar-refractivity contribution < 1.29 is 9.53 Å². The second-order valence-electron chi connectivity index (χ2n) is 7.81. The molecule has 0 N–H and O–H groups in total. The van der Waals surface area contributed by atoms with Gasteiger partial charge in [0.2, 0.25) is 0 Å². The number of benzene rings is 2. The molecular formula is C24H28N2O2. The minimum Gasteiger partial charge on any atom is -0.439 e. The Morgan fingerprint density at radius 1 is 0.964 bits per heavy atom. The van der Waals surface area contributed by atoms with Crippen molar-refractivity contribution in [2.45, 2.75) is 63.3 Å². The lowest BCUT2D eigenvalue weighted by Gasteiger charge is -2.29. The Labute approximate surface area is 167 Å². The van der Waals surface area contributed by atoms with Crippen molar-refractivity contribution in [3.63, 3.8) is 0 Å². The first kappa shape index (κ1) is 18.7. The van der Waals surface area contributed by atoms with E-state index in [1.54, 1.807) is 0 Å². The molecule has 2 aliphatic rings. The summed E-state index contributed by atoms with van der Waals surface area (Å²) in [4.78, 5) is 19.5. The quantitative estimate of drug-likeness (QED) is 0.627. The predicted octanol–water partition coefficient (Wildman–Crippen LogP) is 5.71. The standard InChI is InChI=1S/C24H28N2O2/c1-18(17-25-21-15-9-4-10-16-21)26-22(19-11-5-2-6-12-19)23(28-24(26)27)20-13-7-3-8-14-20/h2-3,5-8,11-14,17-18,21-23H,4,9-10,15-16H2,1H3/t18?,22-,23+/m0/s1. The van der Waals surface area contributed by atoms with Crippen LogP contribution in [0.25, 0.3) is 0 Å². The smallest absolute Gasteiger partial charge is 0.411 e. The highest BCUT2D eigenvalue weighted by Crippen LogP contribution is 2.43. The van der Waals surface area contributed by atoms with Crippen molar-refractivity contribution >= 4 is 12.3 Å². The average Bonchev–Trinajstić information content (AvgIpc) is 3.11. The zero-order valence-corrected chi connectivity index (χ0v) is 16.4. The van der Waals surface area contributed by atoms with E-state index >= 15 is 0 Å². The van der Waals surface area contributed by atoms with Gasteiger partial charge in [-0.25, -0.2) is 4.79 Å². The van der Waals surface area contributed by atoms with E-state index in [2.05, 4.69) is 12.1 Å². The van der Waals surface area contributed by atoms with Gasteiger partial charge in [0.05, 0.1) is 6.04 Å². The Bertz CT molecular complexity index is 800. The zero-order valence-electron chi connectivity index (χ0n) is 16.4. The zero-order chi connectivity index (χ0) is 19.3. The SMILES string of the molecule is CC(C=NC1CCCCC1)N1C(=O)O[C@H](c2ccccc2)[C@@H]1c1ccccc1. The van der Waals surface area contributed by atoms with Gasteiger partial charge in [0.1, 0.15) is 6.04 Å². The van der Waals surface area contributed by atoms with Crippen LogP contribution in [0.4, 0.5) is 4.79 Å². The number of cyclic esters (lactones) is 1. The minimum absolute atomic E-state index is 0.117. The van der Waals surface area contributed by atoms with E-state index in [4.69, 9.17) is 9.73 Å². The van der Waals surface area contributed by atoms with Crippen LogP contribution in [0.1, 0.15) is 62.3 Å². The lowest BCUT2D eigenvalue weighted by atomic mass is 9.94. The summed E-state index contributed by atoms with van der Waals surface area (Å²) in [5.41, 5.74) is 2.10. The lowest BCUT2D eigenvalue weighted by molar-refractivity contribution is 0.129. The molecule has 146 valence electrons. The Morgan fingerprint density at radius 2 is 1.57 bits per heavy atom. The number of amides is 1. The molecule has 1 unspecified atom stereocenters. The fourth-order valence-electron chi connectivity index (χ4n) is 4.34. The molecule has 1 heterocycles. The van der Waals surface area contributed by atoms with Gasteiger partial charge in [0, 0.05) is 12.3 Å². The molecule has 2 aromatic carbocycles. The van der Waals surface area contributed by atoms with Crippen LogP contribution in [0.5, 0.6) is 0 Å². The third-order valence-electron chi connectivity index (χ3n) is 5.82. The van der Waals surface area contributed by atoms with Crippen LogP contribution >= 0.6 is 0 Å². The van der Waals surface area contributed by atoms with E-state index < -0.39 is 0 Å². The molecule has 0 bridgehead atoms. The topological polar surface area (TPSA) is 41.9 Å². The van der Waals surface area contributed by atoms with Gasteiger partial charge in [-0.15, -0.1) is 0 Å². The first-order valence-electron chi connectivity index (χ1n) is 10.4. The number of carbonyl (C=O) groups is 1. The molecule has 2 aromatic rings. The number of hydrogen-bond donors (Lipinski definition) is 0. The fraction of sp³-hybridized carbons (Fsp3) is 0.417. The van der Waals surface area contributed by atoms with E-state index in [9.17, 15) is 4.79 Å². The molecular weight excluding hydrogens is 348 g/mol. The van der Waals surface area contributed by atoms with Gasteiger partial charge in [-0.3, -0.25) is 9.89 Å². The van der Waals surface area contributed by atoms with Gasteiger partial charge in [-0.2, -0.15) is 0 Å². The van der Waals surface area contributed by atoms with E-state index in [1.165, 1.54) is 19.3 Å². The monoisotopic (exact) mass is 376 g/mol. The number of aliphatic imine (C=N–C) groups is 1. The maximum absolute atomic E-state index is 12.9. The highest BCUT2D eigenvalue weighted by molar-refractivity contribution is 5.78. The third kappa shape index (κ3) is 3.96. The molecule has 0 spiro atoms. The summed E-state index contributed by atoms with van der Waals surface area (Å²) < 4.78 is 5.87. The molecule has 1 amide bonds. The normalized spacial score (nSPS) is 24.5. The summed E-state index contributed by atoms with van der Waals surface area (Å²) in [5.74, 6) is 0. The molecule has 3 atom stereocenters. The maximum Gasteiger partial charge on any atom is 0.411 e. The highest BCUT2D eigenvalue weighted by atomic mass is 16.6. The molecule has 1 aliphatic carbocycles. The molecule has 1 saturated heterocycles. The number of carbonyl (C=O) groups excluding carboxylic acids is 1. The second-order valence-corrected chi connectivity index (χ2v) is 7.81.